The number of phenols is 1. The number of rotatable bonds is 1. The van der Waals surface area contributed by atoms with Crippen molar-refractivity contribution in [2.45, 2.75) is 25.2 Å². The Balaban J connectivity index is 1.79. The van der Waals surface area contributed by atoms with Crippen molar-refractivity contribution in [3.8, 4) is 5.75 Å². The molecule has 2 aromatic carbocycles. The predicted octanol–water partition coefficient (Wildman–Crippen LogP) is 4.67. The van der Waals surface area contributed by atoms with Crippen molar-refractivity contribution in [2.75, 3.05) is 0 Å². The number of allylic oxidation sites excluding steroid dienone is 1. The number of aromatic hydroxyl groups is 1. The van der Waals surface area contributed by atoms with Crippen LogP contribution in [0.3, 0.4) is 0 Å². The number of Topliss-reactive ketones (excluding diaryl/α,β-unsaturated/α-hetero) is 2. The summed E-state index contributed by atoms with van der Waals surface area (Å²) in [5.41, 5.74) is 4.08. The van der Waals surface area contributed by atoms with E-state index in [9.17, 15) is 14.7 Å². The van der Waals surface area contributed by atoms with Crippen molar-refractivity contribution in [3.05, 3.63) is 69.2 Å². The zero-order valence-electron chi connectivity index (χ0n) is 14.4. The molecule has 0 radical (unpaired) electrons. The molecule has 27 heavy (non-hydrogen) atoms. The van der Waals surface area contributed by atoms with Crippen molar-refractivity contribution >= 4 is 38.9 Å². The van der Waals surface area contributed by atoms with Crippen molar-refractivity contribution in [1.29, 1.82) is 0 Å². The number of hydrogen-bond acceptors (Lipinski definition) is 4. The summed E-state index contributed by atoms with van der Waals surface area (Å²) in [5, 5.41) is 10.6. The van der Waals surface area contributed by atoms with Gasteiger partial charge in [0.05, 0.1) is 11.6 Å². The summed E-state index contributed by atoms with van der Waals surface area (Å²) >= 11 is 3.45. The number of ketones is 2. The first-order valence-corrected chi connectivity index (χ1v) is 9.82. The van der Waals surface area contributed by atoms with E-state index in [-0.39, 0.29) is 17.3 Å². The monoisotopic (exact) mass is 421 g/mol. The van der Waals surface area contributed by atoms with Crippen LogP contribution in [-0.2, 0) is 4.79 Å². The van der Waals surface area contributed by atoms with Crippen molar-refractivity contribution in [2.24, 2.45) is 10.9 Å². The fourth-order valence-electron chi connectivity index (χ4n) is 4.56. The fraction of sp³-hybridized carbons (Fsp3) is 0.227. The highest BCUT2D eigenvalue weighted by Crippen LogP contribution is 2.51. The maximum Gasteiger partial charge on any atom is 0.192 e. The highest BCUT2D eigenvalue weighted by atomic mass is 79.9. The van der Waals surface area contributed by atoms with Gasteiger partial charge in [-0.25, -0.2) is 0 Å². The smallest absolute Gasteiger partial charge is 0.192 e. The summed E-state index contributed by atoms with van der Waals surface area (Å²) < 4.78 is 0.799. The molecular formula is C22H16BrNO3. The molecule has 1 fully saturated rings. The molecule has 1 heterocycles. The SMILES string of the molecule is O=C1C2=C(N=C3CCCC(=O)C3[C@@H]2c2cc(Br)ccc2O)c2ccccc21. The van der Waals surface area contributed by atoms with Gasteiger partial charge in [-0.3, -0.25) is 14.6 Å². The number of carbonyl (C=O) groups excluding carboxylic acids is 2. The minimum Gasteiger partial charge on any atom is -0.508 e. The van der Waals surface area contributed by atoms with E-state index in [4.69, 9.17) is 4.99 Å². The van der Waals surface area contributed by atoms with Crippen LogP contribution >= 0.6 is 15.9 Å². The molecular weight excluding hydrogens is 406 g/mol. The summed E-state index contributed by atoms with van der Waals surface area (Å²) in [5.74, 6) is -0.877. The normalized spacial score (nSPS) is 23.7. The Morgan fingerprint density at radius 3 is 2.59 bits per heavy atom. The molecule has 5 rings (SSSR count). The van der Waals surface area contributed by atoms with Gasteiger partial charge in [-0.2, -0.15) is 0 Å². The molecule has 4 nitrogen and oxygen atoms in total. The Hall–Kier alpha value is -2.53. The lowest BCUT2D eigenvalue weighted by Crippen LogP contribution is -2.37. The van der Waals surface area contributed by atoms with E-state index in [0.717, 1.165) is 28.6 Å². The molecule has 1 N–H and O–H groups in total. The van der Waals surface area contributed by atoms with Crippen LogP contribution in [0.25, 0.3) is 5.70 Å². The maximum atomic E-state index is 13.3. The first-order chi connectivity index (χ1) is 13.1. The lowest BCUT2D eigenvalue weighted by atomic mass is 9.69. The van der Waals surface area contributed by atoms with E-state index in [0.29, 0.717) is 28.8 Å². The van der Waals surface area contributed by atoms with Crippen LogP contribution in [0.2, 0.25) is 0 Å². The molecule has 0 bridgehead atoms. The zero-order chi connectivity index (χ0) is 18.7. The fourth-order valence-corrected chi connectivity index (χ4v) is 4.94. The summed E-state index contributed by atoms with van der Waals surface area (Å²) in [7, 11) is 0. The zero-order valence-corrected chi connectivity index (χ0v) is 16.0. The van der Waals surface area contributed by atoms with E-state index in [2.05, 4.69) is 15.9 Å². The number of hydrogen-bond donors (Lipinski definition) is 1. The molecule has 2 aromatic rings. The number of nitrogens with zero attached hydrogens (tertiary/aromatic N) is 1. The van der Waals surface area contributed by atoms with Crippen LogP contribution in [0.15, 0.2) is 57.5 Å². The van der Waals surface area contributed by atoms with Crippen molar-refractivity contribution in [1.82, 2.24) is 0 Å². The van der Waals surface area contributed by atoms with E-state index in [1.165, 1.54) is 0 Å². The highest BCUT2D eigenvalue weighted by molar-refractivity contribution is 9.10. The Kier molecular flexibility index (Phi) is 3.69. The molecule has 1 unspecified atom stereocenters. The van der Waals surface area contributed by atoms with Gasteiger partial charge in [0, 0.05) is 44.8 Å². The summed E-state index contributed by atoms with van der Waals surface area (Å²) in [6.45, 7) is 0. The van der Waals surface area contributed by atoms with Gasteiger partial charge in [-0.15, -0.1) is 0 Å². The van der Waals surface area contributed by atoms with Gasteiger partial charge >= 0.3 is 0 Å². The van der Waals surface area contributed by atoms with E-state index in [1.54, 1.807) is 18.2 Å². The highest BCUT2D eigenvalue weighted by Gasteiger charge is 2.47. The predicted molar refractivity (Wildman–Crippen MR) is 106 cm³/mol. The topological polar surface area (TPSA) is 66.7 Å². The van der Waals surface area contributed by atoms with Gasteiger partial charge in [0.15, 0.2) is 5.78 Å². The number of benzene rings is 2. The molecule has 3 aliphatic rings. The Labute approximate surface area is 164 Å². The van der Waals surface area contributed by atoms with Crippen molar-refractivity contribution < 1.29 is 14.7 Å². The first kappa shape index (κ1) is 16.6. The standard InChI is InChI=1S/C22H16BrNO3/c23-11-8-9-16(25)14(10-11)18-19-15(6-3-7-17(19)26)24-21-12-4-1-2-5-13(12)22(27)20(18)21/h1-2,4-5,8-10,18-19,25H,3,6-7H2/t18-,19?/m0/s1. The molecule has 5 heteroatoms. The van der Waals surface area contributed by atoms with E-state index in [1.807, 2.05) is 24.3 Å². The molecule has 0 amide bonds. The van der Waals surface area contributed by atoms with Gasteiger partial charge < -0.3 is 5.11 Å². The minimum absolute atomic E-state index is 0.0915. The number of aliphatic imine (C=N–C) groups is 1. The molecule has 1 saturated carbocycles. The Morgan fingerprint density at radius 1 is 1.00 bits per heavy atom. The minimum atomic E-state index is -0.502. The van der Waals surface area contributed by atoms with Crippen LogP contribution in [0.5, 0.6) is 5.75 Å². The summed E-state index contributed by atoms with van der Waals surface area (Å²) in [4.78, 5) is 30.9. The first-order valence-electron chi connectivity index (χ1n) is 9.03. The van der Waals surface area contributed by atoms with Gasteiger partial charge in [0.2, 0.25) is 0 Å². The average molecular weight is 422 g/mol. The largest absolute Gasteiger partial charge is 0.508 e. The molecule has 1 aliphatic heterocycles. The molecule has 134 valence electrons. The second kappa shape index (κ2) is 5.99. The quantitative estimate of drug-likeness (QED) is 0.727. The molecule has 2 atom stereocenters. The average Bonchev–Trinajstić information content (AvgIpc) is 2.95. The maximum absolute atomic E-state index is 13.3. The van der Waals surface area contributed by atoms with Crippen LogP contribution in [0, 0.1) is 5.92 Å². The van der Waals surface area contributed by atoms with Gasteiger partial charge in [-0.1, -0.05) is 40.2 Å². The van der Waals surface area contributed by atoms with Crippen LogP contribution in [0.4, 0.5) is 0 Å². The summed E-state index contributed by atoms with van der Waals surface area (Å²) in [6.07, 6.45) is 2.01. The van der Waals surface area contributed by atoms with Gasteiger partial charge in [0.25, 0.3) is 0 Å². The molecule has 2 aliphatic carbocycles. The Bertz CT molecular complexity index is 1080. The van der Waals surface area contributed by atoms with Gasteiger partial charge in [-0.05, 0) is 31.0 Å². The number of carbonyl (C=O) groups is 2. The molecule has 0 saturated heterocycles. The third-order valence-electron chi connectivity index (χ3n) is 5.71. The number of phenolic OH excluding ortho intramolecular Hbond substituents is 1. The van der Waals surface area contributed by atoms with Gasteiger partial charge in [0.1, 0.15) is 11.5 Å². The van der Waals surface area contributed by atoms with E-state index < -0.39 is 11.8 Å². The lowest BCUT2D eigenvalue weighted by molar-refractivity contribution is -0.121. The third kappa shape index (κ3) is 2.38. The number of fused-ring (bicyclic) bond motifs is 3. The van der Waals surface area contributed by atoms with Crippen molar-refractivity contribution in [3.63, 3.8) is 0 Å². The van der Waals surface area contributed by atoms with Crippen LogP contribution in [0.1, 0.15) is 46.7 Å². The van der Waals surface area contributed by atoms with E-state index >= 15 is 0 Å². The molecule has 0 spiro atoms. The van der Waals surface area contributed by atoms with Crippen LogP contribution in [-0.4, -0.2) is 22.4 Å². The second-order valence-electron chi connectivity index (χ2n) is 7.22. The Morgan fingerprint density at radius 2 is 1.78 bits per heavy atom. The lowest BCUT2D eigenvalue weighted by Gasteiger charge is -2.35. The van der Waals surface area contributed by atoms with Crippen LogP contribution < -0.4 is 0 Å². The summed E-state index contributed by atoms with van der Waals surface area (Å²) in [6, 6.07) is 12.6. The molecule has 0 aromatic heterocycles. The second-order valence-corrected chi connectivity index (χ2v) is 8.13. The number of halogens is 1. The third-order valence-corrected chi connectivity index (χ3v) is 6.21.